The molecule has 3 heteroatoms. The molecule has 0 aromatic heterocycles. The molecule has 0 radical (unpaired) electrons. The van der Waals surface area contributed by atoms with E-state index >= 15 is 0 Å². The van der Waals surface area contributed by atoms with Crippen molar-refractivity contribution in [3.63, 3.8) is 0 Å². The summed E-state index contributed by atoms with van der Waals surface area (Å²) in [6.07, 6.45) is 2.06. The van der Waals surface area contributed by atoms with E-state index in [9.17, 15) is 5.11 Å². The van der Waals surface area contributed by atoms with E-state index in [1.54, 1.807) is 11.8 Å². The number of hydrogen-bond donors (Lipinski definition) is 1. The highest BCUT2D eigenvalue weighted by molar-refractivity contribution is 7.98. The van der Waals surface area contributed by atoms with Gasteiger partial charge in [0.2, 0.25) is 0 Å². The second-order valence-electron chi connectivity index (χ2n) is 3.44. The summed E-state index contributed by atoms with van der Waals surface area (Å²) in [5, 5.41) is 9.23. The van der Waals surface area contributed by atoms with E-state index in [-0.39, 0.29) is 12.6 Å². The van der Waals surface area contributed by atoms with Crippen molar-refractivity contribution in [3.8, 4) is 0 Å². The quantitative estimate of drug-likeness (QED) is 0.771. The molecule has 1 unspecified atom stereocenters. The Bertz CT molecular complexity index is 271. The van der Waals surface area contributed by atoms with Crippen molar-refractivity contribution in [1.29, 1.82) is 0 Å². The zero-order valence-corrected chi connectivity index (χ0v) is 9.71. The first kappa shape index (κ1) is 11.6. The molecule has 1 atom stereocenters. The van der Waals surface area contributed by atoms with Crippen LogP contribution in [0.5, 0.6) is 0 Å². The maximum atomic E-state index is 9.23. The molecule has 1 aromatic rings. The van der Waals surface area contributed by atoms with E-state index in [0.717, 1.165) is 5.56 Å². The van der Waals surface area contributed by atoms with Crippen LogP contribution < -0.4 is 0 Å². The lowest BCUT2D eigenvalue weighted by Crippen LogP contribution is -2.22. The van der Waals surface area contributed by atoms with Gasteiger partial charge in [-0.15, -0.1) is 11.8 Å². The maximum absolute atomic E-state index is 9.23. The normalized spacial score (nSPS) is 13.2. The van der Waals surface area contributed by atoms with Gasteiger partial charge in [-0.25, -0.2) is 0 Å². The molecular weight excluding hydrogens is 194 g/mol. The second-order valence-corrected chi connectivity index (χ2v) is 4.31. The van der Waals surface area contributed by atoms with Crippen molar-refractivity contribution in [2.24, 2.45) is 0 Å². The molecule has 0 aliphatic rings. The summed E-state index contributed by atoms with van der Waals surface area (Å²) in [4.78, 5) is 3.28. The van der Waals surface area contributed by atoms with E-state index < -0.39 is 0 Å². The minimum atomic E-state index is 0.103. The third-order valence-electron chi connectivity index (χ3n) is 2.30. The van der Waals surface area contributed by atoms with Gasteiger partial charge in [0.05, 0.1) is 12.6 Å². The summed E-state index contributed by atoms with van der Waals surface area (Å²) in [6, 6.07) is 8.43. The van der Waals surface area contributed by atoms with Crippen LogP contribution in [0.15, 0.2) is 29.2 Å². The zero-order valence-electron chi connectivity index (χ0n) is 8.90. The first-order valence-corrected chi connectivity index (χ1v) is 5.82. The number of thioether (sulfide) groups is 1. The minimum absolute atomic E-state index is 0.103. The van der Waals surface area contributed by atoms with Crippen LogP contribution >= 0.6 is 11.8 Å². The molecule has 0 aliphatic heterocycles. The SMILES string of the molecule is CSc1ccc(C(CO)N(C)C)cc1. The Morgan fingerprint density at radius 1 is 1.29 bits per heavy atom. The lowest BCUT2D eigenvalue weighted by atomic mass is 10.1. The smallest absolute Gasteiger partial charge is 0.0628 e. The van der Waals surface area contributed by atoms with Crippen molar-refractivity contribution in [3.05, 3.63) is 29.8 Å². The molecule has 2 nitrogen and oxygen atoms in total. The topological polar surface area (TPSA) is 23.5 Å². The first-order chi connectivity index (χ1) is 6.69. The Labute approximate surface area is 89.9 Å². The number of rotatable bonds is 4. The fraction of sp³-hybridized carbons (Fsp3) is 0.455. The number of likely N-dealkylation sites (N-methyl/N-ethyl adjacent to an activating group) is 1. The molecule has 1 N–H and O–H groups in total. The number of nitrogens with zero attached hydrogens (tertiary/aromatic N) is 1. The largest absolute Gasteiger partial charge is 0.394 e. The van der Waals surface area contributed by atoms with Crippen LogP contribution in [0.3, 0.4) is 0 Å². The second kappa shape index (κ2) is 5.39. The highest BCUT2D eigenvalue weighted by Gasteiger charge is 2.11. The van der Waals surface area contributed by atoms with Crippen molar-refractivity contribution in [1.82, 2.24) is 4.90 Å². The molecular formula is C11H17NOS. The Morgan fingerprint density at radius 3 is 2.21 bits per heavy atom. The standard InChI is InChI=1S/C11H17NOS/c1-12(2)11(8-13)9-4-6-10(14-3)7-5-9/h4-7,11,13H,8H2,1-3H3. The van der Waals surface area contributed by atoms with Gasteiger partial charge in [0, 0.05) is 4.90 Å². The first-order valence-electron chi connectivity index (χ1n) is 4.60. The fourth-order valence-corrected chi connectivity index (χ4v) is 1.80. The number of hydrogen-bond acceptors (Lipinski definition) is 3. The molecule has 0 fully saturated rings. The minimum Gasteiger partial charge on any atom is -0.394 e. The predicted octanol–water partition coefficient (Wildman–Crippen LogP) is 2.00. The van der Waals surface area contributed by atoms with E-state index in [2.05, 4.69) is 30.5 Å². The Balaban J connectivity index is 2.84. The van der Waals surface area contributed by atoms with Crippen molar-refractivity contribution in [2.45, 2.75) is 10.9 Å². The molecule has 0 saturated heterocycles. The monoisotopic (exact) mass is 211 g/mol. The molecule has 14 heavy (non-hydrogen) atoms. The Morgan fingerprint density at radius 2 is 1.86 bits per heavy atom. The van der Waals surface area contributed by atoms with Crippen LogP contribution in [0.1, 0.15) is 11.6 Å². The van der Waals surface area contributed by atoms with Crippen LogP contribution in [0, 0.1) is 0 Å². The van der Waals surface area contributed by atoms with E-state index in [4.69, 9.17) is 0 Å². The molecule has 1 aromatic carbocycles. The third-order valence-corrected chi connectivity index (χ3v) is 3.04. The van der Waals surface area contributed by atoms with Gasteiger partial charge in [0.1, 0.15) is 0 Å². The molecule has 0 heterocycles. The van der Waals surface area contributed by atoms with Crippen LogP contribution in [0.4, 0.5) is 0 Å². The highest BCUT2D eigenvalue weighted by atomic mass is 32.2. The lowest BCUT2D eigenvalue weighted by Gasteiger charge is -2.22. The molecule has 1 rings (SSSR count). The summed E-state index contributed by atoms with van der Waals surface area (Å²) in [7, 11) is 3.95. The van der Waals surface area contributed by atoms with Gasteiger partial charge in [-0.3, -0.25) is 0 Å². The van der Waals surface area contributed by atoms with Crippen molar-refractivity contribution < 1.29 is 5.11 Å². The van der Waals surface area contributed by atoms with E-state index in [1.807, 2.05) is 19.0 Å². The molecule has 0 bridgehead atoms. The summed E-state index contributed by atoms with van der Waals surface area (Å²) >= 11 is 1.73. The summed E-state index contributed by atoms with van der Waals surface area (Å²) in [5.74, 6) is 0. The molecule has 0 spiro atoms. The van der Waals surface area contributed by atoms with Gasteiger partial charge in [0.15, 0.2) is 0 Å². The Kier molecular flexibility index (Phi) is 4.45. The van der Waals surface area contributed by atoms with Gasteiger partial charge in [-0.05, 0) is 38.0 Å². The van der Waals surface area contributed by atoms with Crippen LogP contribution in [0.2, 0.25) is 0 Å². The van der Waals surface area contributed by atoms with Gasteiger partial charge in [-0.2, -0.15) is 0 Å². The van der Waals surface area contributed by atoms with Crippen LogP contribution in [0.25, 0.3) is 0 Å². The lowest BCUT2D eigenvalue weighted by molar-refractivity contribution is 0.171. The predicted molar refractivity (Wildman–Crippen MR) is 61.7 cm³/mol. The number of aliphatic hydroxyl groups excluding tert-OH is 1. The maximum Gasteiger partial charge on any atom is 0.0628 e. The van der Waals surface area contributed by atoms with Crippen molar-refractivity contribution >= 4 is 11.8 Å². The van der Waals surface area contributed by atoms with Crippen LogP contribution in [-0.2, 0) is 0 Å². The third kappa shape index (κ3) is 2.74. The average molecular weight is 211 g/mol. The highest BCUT2D eigenvalue weighted by Crippen LogP contribution is 2.21. The van der Waals surface area contributed by atoms with Gasteiger partial charge in [0.25, 0.3) is 0 Å². The molecule has 0 aliphatic carbocycles. The fourth-order valence-electron chi connectivity index (χ4n) is 1.39. The number of aliphatic hydroxyl groups is 1. The van der Waals surface area contributed by atoms with E-state index in [1.165, 1.54) is 4.90 Å². The van der Waals surface area contributed by atoms with Gasteiger partial charge in [-0.1, -0.05) is 12.1 Å². The Hall–Kier alpha value is -0.510. The zero-order chi connectivity index (χ0) is 10.6. The molecule has 78 valence electrons. The van der Waals surface area contributed by atoms with E-state index in [0.29, 0.717) is 0 Å². The average Bonchev–Trinajstić information content (AvgIpc) is 2.19. The summed E-state index contributed by atoms with van der Waals surface area (Å²) in [6.45, 7) is 0.158. The number of benzene rings is 1. The summed E-state index contributed by atoms with van der Waals surface area (Å²) in [5.41, 5.74) is 1.16. The van der Waals surface area contributed by atoms with Crippen molar-refractivity contribution in [2.75, 3.05) is 27.0 Å². The van der Waals surface area contributed by atoms with Crippen LogP contribution in [-0.4, -0.2) is 37.0 Å². The van der Waals surface area contributed by atoms with Gasteiger partial charge < -0.3 is 10.0 Å². The molecule has 0 saturated carbocycles. The molecule has 0 amide bonds. The van der Waals surface area contributed by atoms with Gasteiger partial charge >= 0.3 is 0 Å². The summed E-state index contributed by atoms with van der Waals surface area (Å²) < 4.78 is 0.